The number of rotatable bonds is 5. The van der Waals surface area contributed by atoms with Crippen LogP contribution in [0, 0.1) is 0 Å². The lowest BCUT2D eigenvalue weighted by Crippen LogP contribution is -2.44. The van der Waals surface area contributed by atoms with E-state index in [4.69, 9.17) is 0 Å². The monoisotopic (exact) mass is 382 g/mol. The van der Waals surface area contributed by atoms with Crippen LogP contribution < -0.4 is 5.32 Å². The third-order valence-corrected chi connectivity index (χ3v) is 5.17. The van der Waals surface area contributed by atoms with Gasteiger partial charge in [0.2, 0.25) is 5.91 Å². The van der Waals surface area contributed by atoms with Crippen LogP contribution in [0.15, 0.2) is 30.3 Å². The summed E-state index contributed by atoms with van der Waals surface area (Å²) in [5.41, 5.74) is 1.25. The normalized spacial score (nSPS) is 16.7. The fraction of sp³-hybridized carbons (Fsp3) is 0.421. The molecule has 9 nitrogen and oxygen atoms in total. The highest BCUT2D eigenvalue weighted by molar-refractivity contribution is 6.04. The van der Waals surface area contributed by atoms with E-state index < -0.39 is 6.03 Å². The largest absolute Gasteiger partial charge is 0.339 e. The second-order valence-electron chi connectivity index (χ2n) is 6.94. The van der Waals surface area contributed by atoms with Crippen LogP contribution in [-0.4, -0.2) is 68.6 Å². The fourth-order valence-corrected chi connectivity index (χ4v) is 3.57. The predicted molar refractivity (Wildman–Crippen MR) is 99.3 cm³/mol. The van der Waals surface area contributed by atoms with Crippen molar-refractivity contribution in [2.75, 3.05) is 26.2 Å². The summed E-state index contributed by atoms with van der Waals surface area (Å²) in [7, 11) is 0. The van der Waals surface area contributed by atoms with Gasteiger partial charge in [-0.15, -0.1) is 10.2 Å². The molecule has 1 aromatic carbocycles. The number of carbonyl (C=O) groups excluding carboxylic acids is 3. The van der Waals surface area contributed by atoms with Crippen LogP contribution in [0.5, 0.6) is 0 Å². The van der Waals surface area contributed by atoms with Gasteiger partial charge in [0.05, 0.1) is 6.54 Å². The first-order valence-corrected chi connectivity index (χ1v) is 9.42. The van der Waals surface area contributed by atoms with Crippen LogP contribution in [0.1, 0.15) is 17.2 Å². The van der Waals surface area contributed by atoms with Gasteiger partial charge in [-0.3, -0.25) is 14.5 Å². The Bertz CT molecular complexity index is 878. The van der Waals surface area contributed by atoms with Crippen molar-refractivity contribution < 1.29 is 14.4 Å². The molecular formula is C19H22N6O3. The molecule has 1 fully saturated rings. The van der Waals surface area contributed by atoms with E-state index in [2.05, 4.69) is 32.2 Å². The average molecular weight is 382 g/mol. The van der Waals surface area contributed by atoms with E-state index in [9.17, 15) is 14.4 Å². The third-order valence-electron chi connectivity index (χ3n) is 5.17. The van der Waals surface area contributed by atoms with Crippen molar-refractivity contribution >= 4 is 17.8 Å². The molecule has 0 saturated carbocycles. The van der Waals surface area contributed by atoms with E-state index >= 15 is 0 Å². The van der Waals surface area contributed by atoms with E-state index in [0.29, 0.717) is 26.1 Å². The van der Waals surface area contributed by atoms with Gasteiger partial charge in [-0.25, -0.2) is 4.79 Å². The Morgan fingerprint density at radius 3 is 2.61 bits per heavy atom. The highest BCUT2D eigenvalue weighted by atomic mass is 16.2. The summed E-state index contributed by atoms with van der Waals surface area (Å²) in [6.07, 6.45) is 2.27. The van der Waals surface area contributed by atoms with Gasteiger partial charge in [-0.1, -0.05) is 30.3 Å². The number of aryl methyl sites for hydroxylation is 2. The number of fused-ring (bicyclic) bond motifs is 1. The minimum atomic E-state index is -0.506. The second kappa shape index (κ2) is 7.79. The van der Waals surface area contributed by atoms with E-state index in [0.717, 1.165) is 29.4 Å². The summed E-state index contributed by atoms with van der Waals surface area (Å²) in [5, 5.41) is 11.1. The molecule has 0 atom stereocenters. The molecular weight excluding hydrogens is 360 g/mol. The molecule has 28 heavy (non-hydrogen) atoms. The van der Waals surface area contributed by atoms with Gasteiger partial charge in [0.15, 0.2) is 0 Å². The lowest BCUT2D eigenvalue weighted by atomic mass is 10.1. The zero-order valence-electron chi connectivity index (χ0n) is 15.5. The van der Waals surface area contributed by atoms with E-state index in [1.807, 2.05) is 18.2 Å². The molecule has 2 aromatic rings. The van der Waals surface area contributed by atoms with Crippen molar-refractivity contribution in [1.29, 1.82) is 0 Å². The minimum Gasteiger partial charge on any atom is -0.339 e. The molecule has 3 heterocycles. The van der Waals surface area contributed by atoms with E-state index in [-0.39, 0.29) is 24.9 Å². The SMILES string of the molecule is O=C(CN1C(=O)CNC1=O)N1CCc2nnc(CCc3ccccc3)n2CC1. The molecule has 1 saturated heterocycles. The summed E-state index contributed by atoms with van der Waals surface area (Å²) < 4.78 is 2.09. The van der Waals surface area contributed by atoms with Crippen LogP contribution in [-0.2, 0) is 35.4 Å². The fourth-order valence-electron chi connectivity index (χ4n) is 3.57. The molecule has 9 heteroatoms. The molecule has 0 radical (unpaired) electrons. The number of imide groups is 1. The second-order valence-corrected chi connectivity index (χ2v) is 6.94. The number of nitrogens with one attached hydrogen (secondary N) is 1. The Hall–Kier alpha value is -3.23. The molecule has 2 aliphatic rings. The lowest BCUT2D eigenvalue weighted by Gasteiger charge is -2.22. The quantitative estimate of drug-likeness (QED) is 0.734. The Balaban J connectivity index is 1.37. The number of amides is 4. The molecule has 4 rings (SSSR count). The highest BCUT2D eigenvalue weighted by Crippen LogP contribution is 2.13. The zero-order chi connectivity index (χ0) is 19.5. The summed E-state index contributed by atoms with van der Waals surface area (Å²) in [4.78, 5) is 38.6. The molecule has 0 bridgehead atoms. The van der Waals surface area contributed by atoms with Crippen LogP contribution in [0.2, 0.25) is 0 Å². The molecule has 146 valence electrons. The molecule has 4 amide bonds. The van der Waals surface area contributed by atoms with Gasteiger partial charge in [-0.2, -0.15) is 0 Å². The number of hydrogen-bond donors (Lipinski definition) is 1. The molecule has 0 unspecified atom stereocenters. The van der Waals surface area contributed by atoms with Crippen molar-refractivity contribution in [2.45, 2.75) is 25.8 Å². The van der Waals surface area contributed by atoms with Crippen LogP contribution in [0.25, 0.3) is 0 Å². The van der Waals surface area contributed by atoms with Gasteiger partial charge in [0.1, 0.15) is 18.2 Å². The van der Waals surface area contributed by atoms with Crippen molar-refractivity contribution in [2.24, 2.45) is 0 Å². The van der Waals surface area contributed by atoms with Crippen molar-refractivity contribution in [3.8, 4) is 0 Å². The first kappa shape index (κ1) is 18.1. The number of urea groups is 1. The van der Waals surface area contributed by atoms with Crippen LogP contribution in [0.4, 0.5) is 4.79 Å². The number of hydrogen-bond acceptors (Lipinski definition) is 5. The summed E-state index contributed by atoms with van der Waals surface area (Å²) in [5.74, 6) is 1.19. The van der Waals surface area contributed by atoms with Gasteiger partial charge in [0.25, 0.3) is 5.91 Å². The molecule has 0 spiro atoms. The van der Waals surface area contributed by atoms with Gasteiger partial charge >= 0.3 is 6.03 Å². The number of nitrogens with zero attached hydrogens (tertiary/aromatic N) is 5. The number of aromatic nitrogens is 3. The Morgan fingerprint density at radius 1 is 1.04 bits per heavy atom. The van der Waals surface area contributed by atoms with Crippen LogP contribution >= 0.6 is 0 Å². The van der Waals surface area contributed by atoms with Crippen molar-refractivity contribution in [3.63, 3.8) is 0 Å². The Morgan fingerprint density at radius 2 is 1.86 bits per heavy atom. The lowest BCUT2D eigenvalue weighted by molar-refractivity contribution is -0.136. The topological polar surface area (TPSA) is 100 Å². The van der Waals surface area contributed by atoms with Gasteiger partial charge in [0, 0.05) is 32.5 Å². The minimum absolute atomic E-state index is 0.0437. The maximum absolute atomic E-state index is 12.6. The first-order valence-electron chi connectivity index (χ1n) is 9.42. The molecule has 1 N–H and O–H groups in total. The highest BCUT2D eigenvalue weighted by Gasteiger charge is 2.32. The van der Waals surface area contributed by atoms with E-state index in [1.165, 1.54) is 5.56 Å². The van der Waals surface area contributed by atoms with E-state index in [1.54, 1.807) is 4.90 Å². The molecule has 2 aliphatic heterocycles. The molecule has 1 aromatic heterocycles. The van der Waals surface area contributed by atoms with Crippen molar-refractivity contribution in [3.05, 3.63) is 47.5 Å². The predicted octanol–water partition coefficient (Wildman–Crippen LogP) is -0.000200. The molecule has 0 aliphatic carbocycles. The van der Waals surface area contributed by atoms with Gasteiger partial charge < -0.3 is 14.8 Å². The van der Waals surface area contributed by atoms with Gasteiger partial charge in [-0.05, 0) is 12.0 Å². The smallest absolute Gasteiger partial charge is 0.325 e. The number of benzene rings is 1. The zero-order valence-corrected chi connectivity index (χ0v) is 15.5. The first-order chi connectivity index (χ1) is 13.6. The average Bonchev–Trinajstić information content (AvgIpc) is 3.16. The van der Waals surface area contributed by atoms with Crippen molar-refractivity contribution in [1.82, 2.24) is 29.9 Å². The third kappa shape index (κ3) is 3.73. The Labute approximate surface area is 162 Å². The summed E-state index contributed by atoms with van der Waals surface area (Å²) >= 11 is 0. The number of carbonyl (C=O) groups is 3. The standard InChI is InChI=1S/C19H22N6O3/c26-17-12-20-19(28)25(17)13-18(27)23-9-8-16-22-21-15(24(16)11-10-23)7-6-14-4-2-1-3-5-14/h1-5H,6-13H2,(H,20,28). The summed E-state index contributed by atoms with van der Waals surface area (Å²) in [6.45, 7) is 1.35. The van der Waals surface area contributed by atoms with Crippen LogP contribution in [0.3, 0.4) is 0 Å². The maximum atomic E-state index is 12.6. The Kier molecular flexibility index (Phi) is 5.05. The maximum Gasteiger partial charge on any atom is 0.325 e. The summed E-state index contributed by atoms with van der Waals surface area (Å²) in [6, 6.07) is 9.72.